The third-order valence-electron chi connectivity index (χ3n) is 2.34. The quantitative estimate of drug-likeness (QED) is 0.874. The summed E-state index contributed by atoms with van der Waals surface area (Å²) in [6.07, 6.45) is 1.62. The third-order valence-corrected chi connectivity index (χ3v) is 3.69. The summed E-state index contributed by atoms with van der Waals surface area (Å²) in [5.41, 5.74) is 0.639. The lowest BCUT2D eigenvalue weighted by atomic mass is 10.2. The lowest BCUT2D eigenvalue weighted by Gasteiger charge is -2.09. The van der Waals surface area contributed by atoms with Crippen molar-refractivity contribution in [1.29, 1.82) is 0 Å². The van der Waals surface area contributed by atoms with Gasteiger partial charge in [-0.05, 0) is 18.2 Å². The van der Waals surface area contributed by atoms with Gasteiger partial charge >= 0.3 is 5.97 Å². The fourth-order valence-electron chi connectivity index (χ4n) is 1.60. The molecule has 1 aromatic heterocycles. The number of carboxylic acid groups (broad SMARTS) is 1. The average molecular weight is 284 g/mol. The zero-order valence-electron chi connectivity index (χ0n) is 9.51. The first-order valence-corrected chi connectivity index (χ1v) is 6.45. The van der Waals surface area contributed by atoms with Crippen molar-refractivity contribution < 1.29 is 14.6 Å². The molecule has 0 aliphatic heterocycles. The second-order valence-corrected chi connectivity index (χ2v) is 4.89. The van der Waals surface area contributed by atoms with E-state index in [1.165, 1.54) is 11.8 Å². The highest BCUT2D eigenvalue weighted by Crippen LogP contribution is 2.36. The molecule has 0 saturated heterocycles. The van der Waals surface area contributed by atoms with Gasteiger partial charge in [-0.3, -0.25) is 9.78 Å². The molecule has 18 heavy (non-hydrogen) atoms. The Morgan fingerprint density at radius 2 is 2.28 bits per heavy atom. The number of methoxy groups -OCH3 is 1. The number of ether oxygens (including phenoxy) is 1. The van der Waals surface area contributed by atoms with E-state index in [9.17, 15) is 4.79 Å². The van der Waals surface area contributed by atoms with Crippen molar-refractivity contribution in [2.45, 2.75) is 4.90 Å². The van der Waals surface area contributed by atoms with Crippen LogP contribution < -0.4 is 4.74 Å². The highest BCUT2D eigenvalue weighted by Gasteiger charge is 2.12. The number of rotatable bonds is 4. The summed E-state index contributed by atoms with van der Waals surface area (Å²) in [7, 11) is 1.56. The Balaban J connectivity index is 2.57. The normalized spacial score (nSPS) is 10.6. The third kappa shape index (κ3) is 2.52. The standard InChI is InChI=1S/C12H10ClNO3S/c1-17-8-3-2-7(13)11-9(18-6-10(15)16)4-5-14-12(8)11/h2-5H,6H2,1H3,(H,15,16). The molecule has 1 aromatic carbocycles. The van der Waals surface area contributed by atoms with Gasteiger partial charge in [-0.2, -0.15) is 0 Å². The summed E-state index contributed by atoms with van der Waals surface area (Å²) in [4.78, 5) is 15.6. The summed E-state index contributed by atoms with van der Waals surface area (Å²) in [6.45, 7) is 0. The molecule has 0 spiro atoms. The number of fused-ring (bicyclic) bond motifs is 1. The van der Waals surface area contributed by atoms with E-state index in [0.29, 0.717) is 16.3 Å². The fourth-order valence-corrected chi connectivity index (χ4v) is 2.69. The van der Waals surface area contributed by atoms with Crippen LogP contribution in [0.3, 0.4) is 0 Å². The zero-order valence-corrected chi connectivity index (χ0v) is 11.1. The number of carboxylic acids is 1. The van der Waals surface area contributed by atoms with Gasteiger partial charge in [0, 0.05) is 16.5 Å². The zero-order chi connectivity index (χ0) is 13.1. The Hall–Kier alpha value is -1.46. The minimum atomic E-state index is -0.871. The molecule has 0 atom stereocenters. The van der Waals surface area contributed by atoms with E-state index in [1.54, 1.807) is 31.5 Å². The van der Waals surface area contributed by atoms with Crippen molar-refractivity contribution in [3.63, 3.8) is 0 Å². The van der Waals surface area contributed by atoms with Crippen LogP contribution in [0, 0.1) is 0 Å². The number of pyridine rings is 1. The van der Waals surface area contributed by atoms with Gasteiger partial charge in [-0.25, -0.2) is 0 Å². The molecule has 2 aromatic rings. The number of aliphatic carboxylic acids is 1. The first-order chi connectivity index (χ1) is 8.63. The molecule has 0 amide bonds. The van der Waals surface area contributed by atoms with Gasteiger partial charge in [0.25, 0.3) is 0 Å². The van der Waals surface area contributed by atoms with Gasteiger partial charge in [0.1, 0.15) is 11.3 Å². The molecule has 2 rings (SSSR count). The Labute approximate surface area is 113 Å². The number of halogens is 1. The van der Waals surface area contributed by atoms with Crippen molar-refractivity contribution in [2.24, 2.45) is 0 Å². The maximum Gasteiger partial charge on any atom is 0.313 e. The molecular formula is C12H10ClNO3S. The highest BCUT2D eigenvalue weighted by molar-refractivity contribution is 8.00. The van der Waals surface area contributed by atoms with Crippen molar-refractivity contribution in [1.82, 2.24) is 4.98 Å². The minimum absolute atomic E-state index is 0.0212. The van der Waals surface area contributed by atoms with Crippen molar-refractivity contribution in [3.8, 4) is 5.75 Å². The Morgan fingerprint density at radius 1 is 1.50 bits per heavy atom. The molecule has 0 radical (unpaired) electrons. The molecule has 0 aliphatic carbocycles. The van der Waals surface area contributed by atoms with E-state index >= 15 is 0 Å². The van der Waals surface area contributed by atoms with Gasteiger partial charge < -0.3 is 9.84 Å². The van der Waals surface area contributed by atoms with E-state index in [1.807, 2.05) is 0 Å². The van der Waals surface area contributed by atoms with Crippen molar-refractivity contribution in [3.05, 3.63) is 29.4 Å². The molecule has 4 nitrogen and oxygen atoms in total. The molecule has 1 N–H and O–H groups in total. The summed E-state index contributed by atoms with van der Waals surface area (Å²) in [5, 5.41) is 9.98. The molecule has 0 saturated carbocycles. The molecule has 0 unspecified atom stereocenters. The first kappa shape index (κ1) is 13.0. The van der Waals surface area contributed by atoms with E-state index in [2.05, 4.69) is 4.98 Å². The second kappa shape index (κ2) is 5.46. The molecule has 0 bridgehead atoms. The smallest absolute Gasteiger partial charge is 0.313 e. The molecule has 94 valence electrons. The van der Waals surface area contributed by atoms with Crippen LogP contribution in [0.5, 0.6) is 5.75 Å². The van der Waals surface area contributed by atoms with E-state index < -0.39 is 5.97 Å². The van der Waals surface area contributed by atoms with E-state index in [-0.39, 0.29) is 5.75 Å². The van der Waals surface area contributed by atoms with Crippen molar-refractivity contribution >= 4 is 40.2 Å². The van der Waals surface area contributed by atoms with Gasteiger partial charge in [0.05, 0.1) is 17.9 Å². The summed E-state index contributed by atoms with van der Waals surface area (Å²) < 4.78 is 5.22. The van der Waals surface area contributed by atoms with Gasteiger partial charge in [0.2, 0.25) is 0 Å². The van der Waals surface area contributed by atoms with Crippen LogP contribution in [0.15, 0.2) is 29.3 Å². The van der Waals surface area contributed by atoms with Crippen LogP contribution in [0.25, 0.3) is 10.9 Å². The maximum atomic E-state index is 10.6. The summed E-state index contributed by atoms with van der Waals surface area (Å²) in [5.74, 6) is -0.275. The number of benzene rings is 1. The predicted octanol–water partition coefficient (Wildman–Crippen LogP) is 3.07. The monoisotopic (exact) mass is 283 g/mol. The van der Waals surface area contributed by atoms with Crippen LogP contribution >= 0.6 is 23.4 Å². The van der Waals surface area contributed by atoms with Gasteiger partial charge in [0.15, 0.2) is 0 Å². The van der Waals surface area contributed by atoms with Crippen molar-refractivity contribution in [2.75, 3.05) is 12.9 Å². The number of hydrogen-bond acceptors (Lipinski definition) is 4. The SMILES string of the molecule is COc1ccc(Cl)c2c(SCC(=O)O)ccnc12. The molecule has 1 heterocycles. The first-order valence-electron chi connectivity index (χ1n) is 5.09. The Kier molecular flexibility index (Phi) is 3.93. The van der Waals surface area contributed by atoms with Crippen LogP contribution in [0.1, 0.15) is 0 Å². The number of nitrogens with zero attached hydrogens (tertiary/aromatic N) is 1. The predicted molar refractivity (Wildman–Crippen MR) is 71.7 cm³/mol. The van der Waals surface area contributed by atoms with Crippen LogP contribution in [0.2, 0.25) is 5.02 Å². The van der Waals surface area contributed by atoms with Crippen LogP contribution in [0.4, 0.5) is 0 Å². The molecule has 6 heteroatoms. The molecular weight excluding hydrogens is 274 g/mol. The lowest BCUT2D eigenvalue weighted by molar-refractivity contribution is -0.133. The molecule has 0 fully saturated rings. The van der Waals surface area contributed by atoms with Gasteiger partial charge in [-0.1, -0.05) is 11.6 Å². The maximum absolute atomic E-state index is 10.6. The van der Waals surface area contributed by atoms with Gasteiger partial charge in [-0.15, -0.1) is 11.8 Å². The summed E-state index contributed by atoms with van der Waals surface area (Å²) >= 11 is 7.36. The Bertz CT molecular complexity index is 603. The Morgan fingerprint density at radius 3 is 2.94 bits per heavy atom. The number of thioether (sulfide) groups is 1. The number of carbonyl (C=O) groups is 1. The number of hydrogen-bond donors (Lipinski definition) is 1. The number of aromatic nitrogens is 1. The summed E-state index contributed by atoms with van der Waals surface area (Å²) in [6, 6.07) is 5.21. The van der Waals surface area contributed by atoms with Crippen LogP contribution in [-0.4, -0.2) is 28.9 Å². The second-order valence-electron chi connectivity index (χ2n) is 3.46. The topological polar surface area (TPSA) is 59.4 Å². The van der Waals surface area contributed by atoms with E-state index in [0.717, 1.165) is 10.3 Å². The van der Waals surface area contributed by atoms with E-state index in [4.69, 9.17) is 21.4 Å². The lowest BCUT2D eigenvalue weighted by Crippen LogP contribution is -1.98. The molecule has 0 aliphatic rings. The highest BCUT2D eigenvalue weighted by atomic mass is 35.5. The average Bonchev–Trinajstić information content (AvgIpc) is 2.36. The largest absolute Gasteiger partial charge is 0.494 e. The fraction of sp³-hybridized carbons (Fsp3) is 0.167. The minimum Gasteiger partial charge on any atom is -0.494 e. The van der Waals surface area contributed by atoms with Crippen LogP contribution in [-0.2, 0) is 4.79 Å².